The van der Waals surface area contributed by atoms with E-state index >= 15 is 0 Å². The van der Waals surface area contributed by atoms with Crippen LogP contribution in [0.15, 0.2) is 24.4 Å². The first kappa shape index (κ1) is 11.9. The quantitative estimate of drug-likeness (QED) is 0.815. The SMILES string of the molecule is CCCCc1ccc2ncc(C#N)c(Cl)c2c1. The van der Waals surface area contributed by atoms with Gasteiger partial charge in [0, 0.05) is 11.6 Å². The van der Waals surface area contributed by atoms with E-state index in [9.17, 15) is 0 Å². The summed E-state index contributed by atoms with van der Waals surface area (Å²) in [6.45, 7) is 2.17. The standard InChI is InChI=1S/C14H13ClN2/c1-2-3-4-10-5-6-13-12(7-10)14(15)11(8-16)9-17-13/h5-7,9H,2-4H2,1H3. The van der Waals surface area contributed by atoms with E-state index < -0.39 is 0 Å². The third-order valence-corrected chi connectivity index (χ3v) is 3.21. The van der Waals surface area contributed by atoms with E-state index in [1.54, 1.807) is 0 Å². The van der Waals surface area contributed by atoms with Crippen molar-refractivity contribution in [2.45, 2.75) is 26.2 Å². The van der Waals surface area contributed by atoms with E-state index in [0.29, 0.717) is 10.6 Å². The fourth-order valence-corrected chi connectivity index (χ4v) is 2.06. The van der Waals surface area contributed by atoms with Gasteiger partial charge in [0.2, 0.25) is 0 Å². The highest BCUT2D eigenvalue weighted by molar-refractivity contribution is 6.36. The maximum absolute atomic E-state index is 8.91. The van der Waals surface area contributed by atoms with Crippen molar-refractivity contribution in [3.63, 3.8) is 0 Å². The van der Waals surface area contributed by atoms with E-state index in [1.165, 1.54) is 18.2 Å². The van der Waals surface area contributed by atoms with Gasteiger partial charge < -0.3 is 0 Å². The van der Waals surface area contributed by atoms with Crippen LogP contribution in [0, 0.1) is 11.3 Å². The van der Waals surface area contributed by atoms with Crippen molar-refractivity contribution < 1.29 is 0 Å². The Morgan fingerprint density at radius 3 is 2.94 bits per heavy atom. The molecule has 0 radical (unpaired) electrons. The number of nitriles is 1. The molecule has 0 saturated heterocycles. The average molecular weight is 245 g/mol. The van der Waals surface area contributed by atoms with Crippen LogP contribution < -0.4 is 0 Å². The number of pyridine rings is 1. The average Bonchev–Trinajstić information content (AvgIpc) is 2.37. The van der Waals surface area contributed by atoms with E-state index in [2.05, 4.69) is 24.0 Å². The van der Waals surface area contributed by atoms with Crippen LogP contribution in [0.2, 0.25) is 5.02 Å². The smallest absolute Gasteiger partial charge is 0.102 e. The molecule has 3 heteroatoms. The van der Waals surface area contributed by atoms with Gasteiger partial charge in [0.1, 0.15) is 6.07 Å². The van der Waals surface area contributed by atoms with Gasteiger partial charge in [-0.3, -0.25) is 4.98 Å². The second-order valence-corrected chi connectivity index (χ2v) is 4.43. The minimum Gasteiger partial charge on any atom is -0.255 e. The first-order valence-corrected chi connectivity index (χ1v) is 6.11. The minimum atomic E-state index is 0.437. The summed E-state index contributed by atoms with van der Waals surface area (Å²) in [6, 6.07) is 8.14. The van der Waals surface area contributed by atoms with Crippen LogP contribution in [0.3, 0.4) is 0 Å². The summed E-state index contributed by atoms with van der Waals surface area (Å²) in [4.78, 5) is 4.23. The van der Waals surface area contributed by atoms with Crippen LogP contribution in [0.1, 0.15) is 30.9 Å². The molecule has 1 heterocycles. The number of aromatic nitrogens is 1. The lowest BCUT2D eigenvalue weighted by Gasteiger charge is -2.05. The molecule has 0 aliphatic carbocycles. The molecule has 0 spiro atoms. The predicted octanol–water partition coefficient (Wildman–Crippen LogP) is 4.10. The zero-order valence-corrected chi connectivity index (χ0v) is 10.5. The van der Waals surface area contributed by atoms with Crippen LogP contribution in [0.25, 0.3) is 10.9 Å². The van der Waals surface area contributed by atoms with Crippen molar-refractivity contribution in [1.82, 2.24) is 4.98 Å². The molecule has 2 rings (SSSR count). The van der Waals surface area contributed by atoms with E-state index in [4.69, 9.17) is 16.9 Å². The number of fused-ring (bicyclic) bond motifs is 1. The first-order chi connectivity index (χ1) is 8.26. The molecule has 0 aliphatic rings. The van der Waals surface area contributed by atoms with Gasteiger partial charge in [0.05, 0.1) is 16.1 Å². The van der Waals surface area contributed by atoms with Gasteiger partial charge in [-0.05, 0) is 30.5 Å². The molecule has 0 amide bonds. The lowest BCUT2D eigenvalue weighted by atomic mass is 10.0. The van der Waals surface area contributed by atoms with Crippen molar-refractivity contribution >= 4 is 22.5 Å². The summed E-state index contributed by atoms with van der Waals surface area (Å²) in [7, 11) is 0. The molecule has 0 aliphatic heterocycles. The van der Waals surface area contributed by atoms with Gasteiger partial charge in [-0.15, -0.1) is 0 Å². The second kappa shape index (κ2) is 5.16. The summed E-state index contributed by atoms with van der Waals surface area (Å²) in [5.74, 6) is 0. The normalized spacial score (nSPS) is 10.4. The molecular weight excluding hydrogens is 232 g/mol. The maximum atomic E-state index is 8.91. The summed E-state index contributed by atoms with van der Waals surface area (Å²) in [5, 5.41) is 10.3. The fraction of sp³-hybridized carbons (Fsp3) is 0.286. The lowest BCUT2D eigenvalue weighted by Crippen LogP contribution is -1.89. The second-order valence-electron chi connectivity index (χ2n) is 4.05. The summed E-state index contributed by atoms with van der Waals surface area (Å²) < 4.78 is 0. The summed E-state index contributed by atoms with van der Waals surface area (Å²) in [5.41, 5.74) is 2.53. The van der Waals surface area contributed by atoms with Crippen LogP contribution in [-0.4, -0.2) is 4.98 Å². The Hall–Kier alpha value is -1.59. The summed E-state index contributed by atoms with van der Waals surface area (Å²) in [6.07, 6.45) is 4.90. The van der Waals surface area contributed by atoms with Crippen molar-refractivity contribution in [3.05, 3.63) is 40.5 Å². The molecule has 0 atom stereocenters. The summed E-state index contributed by atoms with van der Waals surface area (Å²) >= 11 is 6.19. The first-order valence-electron chi connectivity index (χ1n) is 5.73. The van der Waals surface area contributed by atoms with Crippen LogP contribution in [0.5, 0.6) is 0 Å². The highest BCUT2D eigenvalue weighted by Crippen LogP contribution is 2.26. The number of halogens is 1. The number of hydrogen-bond acceptors (Lipinski definition) is 2. The number of hydrogen-bond donors (Lipinski definition) is 0. The maximum Gasteiger partial charge on any atom is 0.102 e. The Morgan fingerprint density at radius 1 is 1.41 bits per heavy atom. The molecule has 2 aromatic rings. The molecule has 1 aromatic carbocycles. The molecule has 0 fully saturated rings. The zero-order chi connectivity index (χ0) is 12.3. The van der Waals surface area contributed by atoms with Crippen molar-refractivity contribution in [2.75, 3.05) is 0 Å². The van der Waals surface area contributed by atoms with E-state index in [0.717, 1.165) is 23.7 Å². The topological polar surface area (TPSA) is 36.7 Å². The monoisotopic (exact) mass is 244 g/mol. The molecule has 0 bridgehead atoms. The van der Waals surface area contributed by atoms with Gasteiger partial charge in [-0.25, -0.2) is 0 Å². The van der Waals surface area contributed by atoms with Crippen molar-refractivity contribution in [2.24, 2.45) is 0 Å². The number of unbranched alkanes of at least 4 members (excludes halogenated alkanes) is 1. The third kappa shape index (κ3) is 2.40. The predicted molar refractivity (Wildman–Crippen MR) is 70.1 cm³/mol. The van der Waals surface area contributed by atoms with Crippen molar-refractivity contribution in [1.29, 1.82) is 5.26 Å². The number of benzene rings is 1. The number of nitrogens with zero attached hydrogens (tertiary/aromatic N) is 2. The number of aryl methyl sites for hydroxylation is 1. The lowest BCUT2D eigenvalue weighted by molar-refractivity contribution is 0.796. The molecule has 2 nitrogen and oxygen atoms in total. The van der Waals surface area contributed by atoms with Gasteiger partial charge in [0.15, 0.2) is 0 Å². The molecule has 17 heavy (non-hydrogen) atoms. The van der Waals surface area contributed by atoms with Gasteiger partial charge in [-0.2, -0.15) is 5.26 Å². The van der Waals surface area contributed by atoms with Crippen LogP contribution in [0.4, 0.5) is 0 Å². The molecule has 86 valence electrons. The Kier molecular flexibility index (Phi) is 3.61. The van der Waals surface area contributed by atoms with Crippen molar-refractivity contribution in [3.8, 4) is 6.07 Å². The zero-order valence-electron chi connectivity index (χ0n) is 9.70. The van der Waals surface area contributed by atoms with Crippen LogP contribution >= 0.6 is 11.6 Å². The molecule has 0 N–H and O–H groups in total. The number of rotatable bonds is 3. The minimum absolute atomic E-state index is 0.437. The van der Waals surface area contributed by atoms with E-state index in [-0.39, 0.29) is 0 Å². The Balaban J connectivity index is 2.51. The largest absolute Gasteiger partial charge is 0.255 e. The third-order valence-electron chi connectivity index (χ3n) is 2.81. The van der Waals surface area contributed by atoms with Gasteiger partial charge >= 0.3 is 0 Å². The molecule has 0 saturated carbocycles. The molecule has 0 unspecified atom stereocenters. The Morgan fingerprint density at radius 2 is 2.24 bits per heavy atom. The van der Waals surface area contributed by atoms with Gasteiger partial charge in [0.25, 0.3) is 0 Å². The Bertz CT molecular complexity index is 585. The van der Waals surface area contributed by atoms with Crippen LogP contribution in [-0.2, 0) is 6.42 Å². The van der Waals surface area contributed by atoms with E-state index in [1.807, 2.05) is 12.1 Å². The molecular formula is C14H13ClN2. The van der Waals surface area contributed by atoms with Gasteiger partial charge in [-0.1, -0.05) is 31.0 Å². The highest BCUT2D eigenvalue weighted by atomic mass is 35.5. The molecule has 1 aromatic heterocycles. The highest BCUT2D eigenvalue weighted by Gasteiger charge is 2.06. The Labute approximate surface area is 106 Å². The fourth-order valence-electron chi connectivity index (χ4n) is 1.82.